The molecule has 38 heavy (non-hydrogen) atoms. The summed E-state index contributed by atoms with van der Waals surface area (Å²) in [7, 11) is 0. The molecule has 0 radical (unpaired) electrons. The Balaban J connectivity index is 1.53. The maximum Gasteiger partial charge on any atom is 0.255 e. The van der Waals surface area contributed by atoms with E-state index in [0.29, 0.717) is 52.1 Å². The fraction of sp³-hybridized carbons (Fsp3) is 0.207. The molecule has 4 aromatic rings. The van der Waals surface area contributed by atoms with Crippen molar-refractivity contribution in [3.63, 3.8) is 0 Å². The van der Waals surface area contributed by atoms with E-state index in [2.05, 4.69) is 36.6 Å². The van der Waals surface area contributed by atoms with Crippen LogP contribution in [0, 0.1) is 6.92 Å². The number of amides is 1. The van der Waals surface area contributed by atoms with Crippen LogP contribution in [0.25, 0.3) is 0 Å². The van der Waals surface area contributed by atoms with Crippen LogP contribution >= 0.6 is 15.9 Å². The highest BCUT2D eigenvalue weighted by molar-refractivity contribution is 9.10. The van der Waals surface area contributed by atoms with Crippen LogP contribution < -0.4 is 20.1 Å². The summed E-state index contributed by atoms with van der Waals surface area (Å²) in [5, 5.41) is 10.7. The Bertz CT molecular complexity index is 1480. The number of aromatic nitrogens is 3. The third-order valence-corrected chi connectivity index (χ3v) is 6.81. The predicted octanol–water partition coefficient (Wildman–Crippen LogP) is 6.25. The lowest BCUT2D eigenvalue weighted by atomic mass is 9.94. The molecule has 0 saturated heterocycles. The second kappa shape index (κ2) is 11.1. The molecule has 194 valence electrons. The number of hydrogen-bond donors (Lipinski definition) is 2. The number of nitrogens with zero attached hydrogens (tertiary/aromatic N) is 3. The molecular weight excluding hydrogens is 546 g/mol. The van der Waals surface area contributed by atoms with Crippen LogP contribution in [0.5, 0.6) is 11.5 Å². The standard InChI is InChI=1S/C29H28BrN5O3/c1-4-37-24-15-21(14-23(30)27(24)38-16-20-8-6-5-7-9-20)26-25(19(3)33-29-31-17-32-35(26)29)28(36)34-22-12-10-18(2)11-13-22/h5-15,17,26H,4,16H2,1-3H3,(H,34,36)(H,31,32,33). The molecule has 0 saturated carbocycles. The molecule has 0 aliphatic carbocycles. The van der Waals surface area contributed by atoms with Crippen LogP contribution in [0.1, 0.15) is 36.6 Å². The summed E-state index contributed by atoms with van der Waals surface area (Å²) >= 11 is 3.69. The van der Waals surface area contributed by atoms with Gasteiger partial charge in [-0.15, -0.1) is 0 Å². The largest absolute Gasteiger partial charge is 0.490 e. The molecule has 0 fully saturated rings. The van der Waals surface area contributed by atoms with E-state index < -0.39 is 6.04 Å². The summed E-state index contributed by atoms with van der Waals surface area (Å²) in [4.78, 5) is 18.0. The number of allylic oxidation sites excluding steroid dienone is 1. The summed E-state index contributed by atoms with van der Waals surface area (Å²) in [5.74, 6) is 1.49. The summed E-state index contributed by atoms with van der Waals surface area (Å²) in [6.07, 6.45) is 1.47. The average molecular weight is 574 g/mol. The minimum absolute atomic E-state index is 0.233. The van der Waals surface area contributed by atoms with Crippen LogP contribution in [0.15, 0.2) is 88.8 Å². The van der Waals surface area contributed by atoms with Gasteiger partial charge in [0.15, 0.2) is 11.5 Å². The van der Waals surface area contributed by atoms with Crippen LogP contribution in [0.4, 0.5) is 11.6 Å². The summed E-state index contributed by atoms with van der Waals surface area (Å²) in [6, 6.07) is 20.9. The van der Waals surface area contributed by atoms with Crippen molar-refractivity contribution in [3.8, 4) is 11.5 Å². The summed E-state index contributed by atoms with van der Waals surface area (Å²) in [6.45, 7) is 6.64. The molecule has 1 atom stereocenters. The minimum atomic E-state index is -0.544. The van der Waals surface area contributed by atoms with Crippen molar-refractivity contribution < 1.29 is 14.3 Å². The van der Waals surface area contributed by atoms with Gasteiger partial charge in [-0.2, -0.15) is 10.1 Å². The lowest BCUT2D eigenvalue weighted by Gasteiger charge is -2.29. The van der Waals surface area contributed by atoms with E-state index in [9.17, 15) is 4.79 Å². The van der Waals surface area contributed by atoms with Crippen molar-refractivity contribution in [2.45, 2.75) is 33.4 Å². The number of aryl methyl sites for hydroxylation is 1. The molecule has 1 aliphatic heterocycles. The number of rotatable bonds is 8. The van der Waals surface area contributed by atoms with Gasteiger partial charge >= 0.3 is 0 Å². The fourth-order valence-electron chi connectivity index (χ4n) is 4.41. The van der Waals surface area contributed by atoms with Crippen molar-refractivity contribution in [1.82, 2.24) is 14.8 Å². The van der Waals surface area contributed by atoms with E-state index in [1.807, 2.05) is 87.5 Å². The van der Waals surface area contributed by atoms with E-state index in [-0.39, 0.29) is 5.91 Å². The van der Waals surface area contributed by atoms with Gasteiger partial charge in [0.1, 0.15) is 19.0 Å². The molecule has 1 aromatic heterocycles. The Morgan fingerprint density at radius 1 is 1.08 bits per heavy atom. The first-order valence-electron chi connectivity index (χ1n) is 12.3. The molecule has 2 heterocycles. The lowest BCUT2D eigenvalue weighted by molar-refractivity contribution is -0.113. The second-order valence-corrected chi connectivity index (χ2v) is 9.81. The molecule has 2 N–H and O–H groups in total. The van der Waals surface area contributed by atoms with Gasteiger partial charge in [-0.3, -0.25) is 4.79 Å². The Morgan fingerprint density at radius 3 is 2.58 bits per heavy atom. The number of anilines is 2. The van der Waals surface area contributed by atoms with Crippen molar-refractivity contribution in [3.05, 3.63) is 105 Å². The van der Waals surface area contributed by atoms with E-state index in [0.717, 1.165) is 16.7 Å². The highest BCUT2D eigenvalue weighted by atomic mass is 79.9. The minimum Gasteiger partial charge on any atom is -0.490 e. The average Bonchev–Trinajstić information content (AvgIpc) is 3.37. The molecule has 1 aliphatic rings. The molecule has 3 aromatic carbocycles. The van der Waals surface area contributed by atoms with Gasteiger partial charge in [-0.25, -0.2) is 4.68 Å². The van der Waals surface area contributed by atoms with E-state index in [1.165, 1.54) is 6.33 Å². The number of ether oxygens (including phenoxy) is 2. The van der Waals surface area contributed by atoms with Crippen LogP contribution in [0.3, 0.4) is 0 Å². The Kier molecular flexibility index (Phi) is 7.46. The molecule has 1 amide bonds. The van der Waals surface area contributed by atoms with Crippen molar-refractivity contribution in [1.29, 1.82) is 0 Å². The maximum atomic E-state index is 13.7. The molecular formula is C29H28BrN5O3. The highest BCUT2D eigenvalue weighted by Gasteiger charge is 2.34. The van der Waals surface area contributed by atoms with Gasteiger partial charge in [-0.05, 0) is 72.1 Å². The second-order valence-electron chi connectivity index (χ2n) is 8.95. The molecule has 9 heteroatoms. The summed E-state index contributed by atoms with van der Waals surface area (Å²) < 4.78 is 14.6. The first-order valence-corrected chi connectivity index (χ1v) is 13.1. The Morgan fingerprint density at radius 2 is 1.84 bits per heavy atom. The fourth-order valence-corrected chi connectivity index (χ4v) is 4.98. The quantitative estimate of drug-likeness (QED) is 0.259. The van der Waals surface area contributed by atoms with Crippen molar-refractivity contribution >= 4 is 33.5 Å². The number of nitrogens with one attached hydrogen (secondary N) is 2. The van der Waals surface area contributed by atoms with Crippen molar-refractivity contribution in [2.24, 2.45) is 0 Å². The number of carbonyl (C=O) groups excluding carboxylic acids is 1. The van der Waals surface area contributed by atoms with E-state index in [4.69, 9.17) is 9.47 Å². The number of carbonyl (C=O) groups is 1. The van der Waals surface area contributed by atoms with E-state index >= 15 is 0 Å². The van der Waals surface area contributed by atoms with Gasteiger partial charge in [0.2, 0.25) is 5.95 Å². The van der Waals surface area contributed by atoms with Gasteiger partial charge < -0.3 is 20.1 Å². The number of hydrogen-bond acceptors (Lipinski definition) is 6. The lowest BCUT2D eigenvalue weighted by Crippen LogP contribution is -2.31. The SMILES string of the molecule is CCOc1cc(C2C(C(=O)Nc3ccc(C)cc3)=C(C)Nc3ncnn32)cc(Br)c1OCc1ccccc1. The Labute approximate surface area is 229 Å². The molecule has 5 rings (SSSR count). The number of fused-ring (bicyclic) bond motifs is 1. The predicted molar refractivity (Wildman–Crippen MR) is 150 cm³/mol. The molecule has 1 unspecified atom stereocenters. The first kappa shape index (κ1) is 25.5. The zero-order valence-electron chi connectivity index (χ0n) is 21.4. The van der Waals surface area contributed by atoms with Crippen molar-refractivity contribution in [2.75, 3.05) is 17.2 Å². The van der Waals surface area contributed by atoms with Gasteiger partial charge in [0.25, 0.3) is 5.91 Å². The molecule has 8 nitrogen and oxygen atoms in total. The van der Waals surface area contributed by atoms with Gasteiger partial charge in [0, 0.05) is 11.4 Å². The van der Waals surface area contributed by atoms with Gasteiger partial charge in [-0.1, -0.05) is 48.0 Å². The zero-order valence-corrected chi connectivity index (χ0v) is 23.0. The zero-order chi connectivity index (χ0) is 26.6. The maximum absolute atomic E-state index is 13.7. The summed E-state index contributed by atoms with van der Waals surface area (Å²) in [5.41, 5.74) is 4.89. The van der Waals surface area contributed by atoms with E-state index in [1.54, 1.807) is 4.68 Å². The smallest absolute Gasteiger partial charge is 0.255 e. The number of benzene rings is 3. The molecule has 0 bridgehead atoms. The topological polar surface area (TPSA) is 90.3 Å². The third-order valence-electron chi connectivity index (χ3n) is 6.22. The van der Waals surface area contributed by atoms with Crippen LogP contribution in [0.2, 0.25) is 0 Å². The third kappa shape index (κ3) is 5.28. The van der Waals surface area contributed by atoms with Crippen LogP contribution in [-0.2, 0) is 11.4 Å². The normalized spacial score (nSPS) is 14.5. The number of halogens is 1. The molecule has 0 spiro atoms. The first-order chi connectivity index (χ1) is 18.4. The van der Waals surface area contributed by atoms with Gasteiger partial charge in [0.05, 0.1) is 16.7 Å². The highest BCUT2D eigenvalue weighted by Crippen LogP contribution is 2.43. The Hall–Kier alpha value is -4.11. The van der Waals surface area contributed by atoms with Crippen LogP contribution in [-0.4, -0.2) is 27.3 Å². The monoisotopic (exact) mass is 573 g/mol.